The molecule has 0 spiro atoms. The van der Waals surface area contributed by atoms with Gasteiger partial charge in [0.15, 0.2) is 0 Å². The molecule has 1 saturated heterocycles. The van der Waals surface area contributed by atoms with Crippen molar-refractivity contribution in [3.05, 3.63) is 29.3 Å². The highest BCUT2D eigenvalue weighted by atomic mass is 16.5. The van der Waals surface area contributed by atoms with Gasteiger partial charge in [0.25, 0.3) is 0 Å². The fourth-order valence-electron chi connectivity index (χ4n) is 2.69. The molecule has 1 aliphatic heterocycles. The minimum Gasteiger partial charge on any atom is -0.378 e. The first-order valence-corrected chi connectivity index (χ1v) is 6.87. The summed E-state index contributed by atoms with van der Waals surface area (Å²) in [5.41, 5.74) is 10.5. The van der Waals surface area contributed by atoms with E-state index in [1.807, 2.05) is 0 Å². The second-order valence-corrected chi connectivity index (χ2v) is 5.77. The molecule has 3 nitrogen and oxygen atoms in total. The molecule has 2 aliphatic rings. The summed E-state index contributed by atoms with van der Waals surface area (Å²) in [6, 6.07) is 6.75. The molecule has 3 rings (SSSR count). The lowest BCUT2D eigenvalue weighted by Crippen LogP contribution is -2.37. The molecule has 1 saturated carbocycles. The lowest BCUT2D eigenvalue weighted by atomic mass is 10.00. The second-order valence-electron chi connectivity index (χ2n) is 5.77. The summed E-state index contributed by atoms with van der Waals surface area (Å²) < 4.78 is 5.43. The number of ether oxygens (including phenoxy) is 1. The number of aryl methyl sites for hydroxylation is 1. The van der Waals surface area contributed by atoms with E-state index in [9.17, 15) is 0 Å². The number of hydrogen-bond acceptors (Lipinski definition) is 3. The van der Waals surface area contributed by atoms with Crippen LogP contribution in [-0.4, -0.2) is 31.8 Å². The highest BCUT2D eigenvalue weighted by Gasteiger charge is 2.38. The predicted molar refractivity (Wildman–Crippen MR) is 74.1 cm³/mol. The van der Waals surface area contributed by atoms with Crippen molar-refractivity contribution < 1.29 is 4.74 Å². The molecule has 2 N–H and O–H groups in total. The molecule has 3 heteroatoms. The maximum atomic E-state index is 6.28. The van der Waals surface area contributed by atoms with Crippen molar-refractivity contribution in [1.29, 1.82) is 0 Å². The monoisotopic (exact) mass is 246 g/mol. The molecule has 0 amide bonds. The molecule has 0 unspecified atom stereocenters. The second kappa shape index (κ2) is 4.56. The fraction of sp³-hybridized carbons (Fsp3) is 0.600. The number of hydrogen-bond donors (Lipinski definition) is 1. The van der Waals surface area contributed by atoms with E-state index in [0.29, 0.717) is 0 Å². The Morgan fingerprint density at radius 2 is 2.00 bits per heavy atom. The number of anilines is 1. The smallest absolute Gasteiger partial charge is 0.0642 e. The van der Waals surface area contributed by atoms with Gasteiger partial charge in [0.2, 0.25) is 0 Å². The van der Waals surface area contributed by atoms with Gasteiger partial charge in [0, 0.05) is 24.3 Å². The van der Waals surface area contributed by atoms with Gasteiger partial charge in [-0.05, 0) is 37.8 Å². The van der Waals surface area contributed by atoms with Crippen LogP contribution in [0.3, 0.4) is 0 Å². The van der Waals surface area contributed by atoms with Gasteiger partial charge in [-0.15, -0.1) is 0 Å². The zero-order valence-corrected chi connectivity index (χ0v) is 11.1. The molecular weight excluding hydrogens is 224 g/mol. The van der Waals surface area contributed by atoms with E-state index in [4.69, 9.17) is 10.5 Å². The third-order valence-electron chi connectivity index (χ3n) is 4.02. The Balaban J connectivity index is 1.86. The van der Waals surface area contributed by atoms with E-state index in [1.165, 1.54) is 29.7 Å². The van der Waals surface area contributed by atoms with E-state index in [1.54, 1.807) is 0 Å². The van der Waals surface area contributed by atoms with Crippen LogP contribution in [0.5, 0.6) is 0 Å². The molecule has 98 valence electrons. The molecular formula is C15H22N2O. The molecule has 1 aromatic rings. The molecule has 1 heterocycles. The Kier molecular flexibility index (Phi) is 3.04. The van der Waals surface area contributed by atoms with Gasteiger partial charge in [-0.2, -0.15) is 0 Å². The average molecular weight is 246 g/mol. The Bertz CT molecular complexity index is 434. The van der Waals surface area contributed by atoms with Gasteiger partial charge in [-0.3, -0.25) is 0 Å². The van der Waals surface area contributed by atoms with Crippen molar-refractivity contribution in [2.75, 3.05) is 31.2 Å². The van der Waals surface area contributed by atoms with Gasteiger partial charge in [-0.1, -0.05) is 17.7 Å². The van der Waals surface area contributed by atoms with E-state index in [-0.39, 0.29) is 5.54 Å². The van der Waals surface area contributed by atoms with Crippen LogP contribution in [0.15, 0.2) is 18.2 Å². The van der Waals surface area contributed by atoms with Crippen LogP contribution in [0.25, 0.3) is 0 Å². The van der Waals surface area contributed by atoms with Crippen molar-refractivity contribution in [1.82, 2.24) is 0 Å². The highest BCUT2D eigenvalue weighted by Crippen LogP contribution is 2.38. The van der Waals surface area contributed by atoms with Gasteiger partial charge in [0.05, 0.1) is 13.2 Å². The summed E-state index contributed by atoms with van der Waals surface area (Å²) in [7, 11) is 0. The molecule has 2 fully saturated rings. The molecule has 1 aromatic carbocycles. The number of nitrogens with zero attached hydrogens (tertiary/aromatic N) is 1. The third-order valence-corrected chi connectivity index (χ3v) is 4.02. The van der Waals surface area contributed by atoms with Crippen molar-refractivity contribution >= 4 is 5.69 Å². The van der Waals surface area contributed by atoms with Crippen LogP contribution in [0.1, 0.15) is 24.0 Å². The Hall–Kier alpha value is -1.06. The van der Waals surface area contributed by atoms with Crippen LogP contribution in [-0.2, 0) is 11.2 Å². The number of morpholine rings is 1. The third kappa shape index (κ3) is 2.52. The highest BCUT2D eigenvalue weighted by molar-refractivity contribution is 5.56. The molecule has 18 heavy (non-hydrogen) atoms. The van der Waals surface area contributed by atoms with Crippen molar-refractivity contribution in [2.24, 2.45) is 5.73 Å². The van der Waals surface area contributed by atoms with Crippen LogP contribution in [0, 0.1) is 6.92 Å². The molecule has 0 aromatic heterocycles. The van der Waals surface area contributed by atoms with E-state index in [0.717, 1.165) is 32.7 Å². The first kappa shape index (κ1) is 12.0. The number of nitrogens with two attached hydrogens (primary N) is 1. The summed E-state index contributed by atoms with van der Waals surface area (Å²) in [4.78, 5) is 2.43. The zero-order chi connectivity index (χ0) is 12.6. The summed E-state index contributed by atoms with van der Waals surface area (Å²) in [5.74, 6) is 0. The van der Waals surface area contributed by atoms with Crippen LogP contribution < -0.4 is 10.6 Å². The lowest BCUT2D eigenvalue weighted by molar-refractivity contribution is 0.122. The first-order valence-electron chi connectivity index (χ1n) is 6.87. The minimum atomic E-state index is 0.0782. The summed E-state index contributed by atoms with van der Waals surface area (Å²) in [6.45, 7) is 5.81. The predicted octanol–water partition coefficient (Wildman–Crippen LogP) is 1.87. The molecule has 0 radical (unpaired) electrons. The Morgan fingerprint density at radius 1 is 1.28 bits per heavy atom. The Labute approximate surface area is 109 Å². The quantitative estimate of drug-likeness (QED) is 0.885. The minimum absolute atomic E-state index is 0.0782. The van der Waals surface area contributed by atoms with Gasteiger partial charge in [0.1, 0.15) is 0 Å². The zero-order valence-electron chi connectivity index (χ0n) is 11.1. The fourth-order valence-corrected chi connectivity index (χ4v) is 2.69. The maximum absolute atomic E-state index is 6.28. The molecule has 1 aliphatic carbocycles. The van der Waals surface area contributed by atoms with Crippen LogP contribution >= 0.6 is 0 Å². The van der Waals surface area contributed by atoms with Crippen molar-refractivity contribution in [3.8, 4) is 0 Å². The number of rotatable bonds is 3. The topological polar surface area (TPSA) is 38.5 Å². The lowest BCUT2D eigenvalue weighted by Gasteiger charge is -2.31. The standard InChI is InChI=1S/C15H22N2O/c1-12-2-3-14(17-6-8-18-9-7-17)13(10-12)11-15(16)4-5-15/h2-3,10H,4-9,11,16H2,1H3. The summed E-state index contributed by atoms with van der Waals surface area (Å²) in [5, 5.41) is 0. The SMILES string of the molecule is Cc1ccc(N2CCOCC2)c(CC2(N)CC2)c1. The number of benzene rings is 1. The van der Waals surface area contributed by atoms with Crippen LogP contribution in [0.2, 0.25) is 0 Å². The van der Waals surface area contributed by atoms with Crippen molar-refractivity contribution in [3.63, 3.8) is 0 Å². The molecule has 0 bridgehead atoms. The van der Waals surface area contributed by atoms with Crippen LogP contribution in [0.4, 0.5) is 5.69 Å². The molecule has 0 atom stereocenters. The van der Waals surface area contributed by atoms with Gasteiger partial charge >= 0.3 is 0 Å². The van der Waals surface area contributed by atoms with Gasteiger partial charge < -0.3 is 15.4 Å². The maximum Gasteiger partial charge on any atom is 0.0642 e. The van der Waals surface area contributed by atoms with E-state index < -0.39 is 0 Å². The van der Waals surface area contributed by atoms with E-state index >= 15 is 0 Å². The first-order chi connectivity index (χ1) is 8.66. The largest absolute Gasteiger partial charge is 0.378 e. The van der Waals surface area contributed by atoms with E-state index in [2.05, 4.69) is 30.0 Å². The average Bonchev–Trinajstić information content (AvgIpc) is 3.08. The summed E-state index contributed by atoms with van der Waals surface area (Å²) in [6.07, 6.45) is 3.36. The van der Waals surface area contributed by atoms with Crippen molar-refractivity contribution in [2.45, 2.75) is 31.7 Å². The normalized spacial score (nSPS) is 22.0. The Morgan fingerprint density at radius 3 is 2.67 bits per heavy atom. The summed E-state index contributed by atoms with van der Waals surface area (Å²) >= 11 is 0. The van der Waals surface area contributed by atoms with Gasteiger partial charge in [-0.25, -0.2) is 0 Å².